The Morgan fingerprint density at radius 2 is 1.56 bits per heavy atom. The van der Waals surface area contributed by atoms with Gasteiger partial charge >= 0.3 is 0 Å². The molecule has 0 aliphatic carbocycles. The Morgan fingerprint density at radius 3 is 2.21 bits per heavy atom. The molecule has 0 bridgehead atoms. The van der Waals surface area contributed by atoms with Crippen molar-refractivity contribution in [2.24, 2.45) is 0 Å². The monoisotopic (exact) mass is 460 g/mol. The molecule has 0 saturated carbocycles. The number of rotatable bonds is 7. The maximum atomic E-state index is 13.8. The van der Waals surface area contributed by atoms with Crippen molar-refractivity contribution in [3.8, 4) is 51.0 Å². The van der Waals surface area contributed by atoms with E-state index in [9.17, 15) is 14.6 Å². The molecular weight excluding hydrogens is 435 g/mol. The molecule has 0 aliphatic heterocycles. The molecule has 6 heteroatoms. The summed E-state index contributed by atoms with van der Waals surface area (Å²) in [6.07, 6.45) is 0. The van der Waals surface area contributed by atoms with Gasteiger partial charge in [-0.2, -0.15) is 0 Å². The topological polar surface area (TPSA) is 68.2 Å². The van der Waals surface area contributed by atoms with Gasteiger partial charge in [-0.25, -0.2) is 4.39 Å². The van der Waals surface area contributed by atoms with Gasteiger partial charge in [-0.1, -0.05) is 48.0 Å². The summed E-state index contributed by atoms with van der Waals surface area (Å²) < 4.78 is 30.6. The van der Waals surface area contributed by atoms with E-state index in [0.717, 1.165) is 11.1 Å². The SMILES string of the molecule is COc1cc(-c2cccc(F)c2)c(OC)c(O)c1-c1ccc(OCc2ccc(C)cc2)c(O)c1. The number of halogens is 1. The van der Waals surface area contributed by atoms with Crippen LogP contribution >= 0.6 is 0 Å². The summed E-state index contributed by atoms with van der Waals surface area (Å²) in [6.45, 7) is 2.32. The highest BCUT2D eigenvalue weighted by Gasteiger charge is 2.22. The lowest BCUT2D eigenvalue weighted by molar-refractivity contribution is 0.289. The van der Waals surface area contributed by atoms with Gasteiger partial charge in [-0.15, -0.1) is 0 Å². The Morgan fingerprint density at radius 1 is 0.794 bits per heavy atom. The Hall–Kier alpha value is -4.19. The molecule has 34 heavy (non-hydrogen) atoms. The van der Waals surface area contributed by atoms with Crippen molar-refractivity contribution < 1.29 is 28.8 Å². The number of hydrogen-bond acceptors (Lipinski definition) is 5. The van der Waals surface area contributed by atoms with Crippen LogP contribution in [0, 0.1) is 12.7 Å². The molecule has 0 radical (unpaired) electrons. The third-order valence-corrected chi connectivity index (χ3v) is 5.54. The fourth-order valence-corrected chi connectivity index (χ4v) is 3.78. The summed E-state index contributed by atoms with van der Waals surface area (Å²) in [5.41, 5.74) is 3.97. The molecule has 4 rings (SSSR count). The summed E-state index contributed by atoms with van der Waals surface area (Å²) in [4.78, 5) is 0. The van der Waals surface area contributed by atoms with Gasteiger partial charge in [0.15, 0.2) is 23.0 Å². The van der Waals surface area contributed by atoms with Gasteiger partial charge in [-0.3, -0.25) is 0 Å². The van der Waals surface area contributed by atoms with Gasteiger partial charge in [0.05, 0.1) is 19.8 Å². The molecule has 0 atom stereocenters. The minimum atomic E-state index is -0.409. The van der Waals surface area contributed by atoms with Crippen LogP contribution in [0.25, 0.3) is 22.3 Å². The first kappa shape index (κ1) is 23.0. The second kappa shape index (κ2) is 9.75. The van der Waals surface area contributed by atoms with Gasteiger partial charge in [-0.05, 0) is 53.9 Å². The largest absolute Gasteiger partial charge is 0.504 e. The van der Waals surface area contributed by atoms with E-state index in [-0.39, 0.29) is 17.2 Å². The summed E-state index contributed by atoms with van der Waals surface area (Å²) in [7, 11) is 2.90. The molecule has 174 valence electrons. The number of aromatic hydroxyl groups is 2. The van der Waals surface area contributed by atoms with Crippen LogP contribution in [0.3, 0.4) is 0 Å². The second-order valence-corrected chi connectivity index (χ2v) is 7.85. The molecule has 0 unspecified atom stereocenters. The van der Waals surface area contributed by atoms with Crippen LogP contribution < -0.4 is 14.2 Å². The average molecular weight is 461 g/mol. The Bertz CT molecular complexity index is 1320. The fraction of sp³-hybridized carbons (Fsp3) is 0.143. The predicted molar refractivity (Wildman–Crippen MR) is 129 cm³/mol. The fourth-order valence-electron chi connectivity index (χ4n) is 3.78. The molecule has 0 fully saturated rings. The maximum Gasteiger partial charge on any atom is 0.170 e. The zero-order valence-corrected chi connectivity index (χ0v) is 19.1. The molecule has 4 aromatic rings. The zero-order valence-electron chi connectivity index (χ0n) is 19.1. The predicted octanol–water partition coefficient (Wildman–Crippen LogP) is 6.48. The van der Waals surface area contributed by atoms with Crippen molar-refractivity contribution in [3.63, 3.8) is 0 Å². The van der Waals surface area contributed by atoms with E-state index >= 15 is 0 Å². The van der Waals surface area contributed by atoms with Crippen molar-refractivity contribution in [1.29, 1.82) is 0 Å². The van der Waals surface area contributed by atoms with Gasteiger partial charge < -0.3 is 24.4 Å². The number of benzene rings is 4. The highest BCUT2D eigenvalue weighted by Crippen LogP contribution is 2.50. The summed E-state index contributed by atoms with van der Waals surface area (Å²) >= 11 is 0. The number of ether oxygens (including phenoxy) is 3. The number of methoxy groups -OCH3 is 2. The first-order valence-electron chi connectivity index (χ1n) is 10.7. The number of phenols is 2. The van der Waals surface area contributed by atoms with Gasteiger partial charge in [0.1, 0.15) is 18.2 Å². The molecular formula is C28H25FO5. The van der Waals surface area contributed by atoms with E-state index in [1.54, 1.807) is 30.3 Å². The van der Waals surface area contributed by atoms with Crippen LogP contribution in [-0.4, -0.2) is 24.4 Å². The lowest BCUT2D eigenvalue weighted by atomic mass is 9.96. The van der Waals surface area contributed by atoms with Crippen LogP contribution in [0.1, 0.15) is 11.1 Å². The Kier molecular flexibility index (Phi) is 6.59. The molecule has 5 nitrogen and oxygen atoms in total. The van der Waals surface area contributed by atoms with Crippen LogP contribution in [0.2, 0.25) is 0 Å². The van der Waals surface area contributed by atoms with Crippen LogP contribution in [0.4, 0.5) is 4.39 Å². The summed E-state index contributed by atoms with van der Waals surface area (Å²) in [5, 5.41) is 21.7. The van der Waals surface area contributed by atoms with E-state index in [4.69, 9.17) is 14.2 Å². The van der Waals surface area contributed by atoms with E-state index in [0.29, 0.717) is 40.4 Å². The van der Waals surface area contributed by atoms with E-state index in [2.05, 4.69) is 0 Å². The van der Waals surface area contributed by atoms with E-state index < -0.39 is 5.82 Å². The van der Waals surface area contributed by atoms with Crippen LogP contribution in [0.5, 0.6) is 28.7 Å². The summed E-state index contributed by atoms with van der Waals surface area (Å²) in [6, 6.07) is 20.4. The van der Waals surface area contributed by atoms with Crippen LogP contribution in [0.15, 0.2) is 72.8 Å². The lowest BCUT2D eigenvalue weighted by Gasteiger charge is -2.18. The standard InChI is InChI=1S/C28H25FO5/c1-17-7-9-18(10-8-17)16-34-24-12-11-20(14-23(24)30)26-25(32-2)15-22(28(33-3)27(26)31)19-5-4-6-21(29)13-19/h4-15,30-31H,16H2,1-3H3. The molecule has 0 amide bonds. The van der Waals surface area contributed by atoms with Crippen molar-refractivity contribution >= 4 is 0 Å². The van der Waals surface area contributed by atoms with Crippen molar-refractivity contribution in [1.82, 2.24) is 0 Å². The Balaban J connectivity index is 1.70. The normalized spacial score (nSPS) is 10.7. The maximum absolute atomic E-state index is 13.8. The third kappa shape index (κ3) is 4.62. The van der Waals surface area contributed by atoms with Gasteiger partial charge in [0.25, 0.3) is 0 Å². The minimum Gasteiger partial charge on any atom is -0.504 e. The molecule has 0 spiro atoms. The molecule has 0 heterocycles. The highest BCUT2D eigenvalue weighted by molar-refractivity contribution is 5.88. The zero-order chi connectivity index (χ0) is 24.2. The third-order valence-electron chi connectivity index (χ3n) is 5.54. The van der Waals surface area contributed by atoms with Crippen LogP contribution in [-0.2, 0) is 6.61 Å². The first-order chi connectivity index (χ1) is 16.4. The highest BCUT2D eigenvalue weighted by atomic mass is 19.1. The van der Waals surface area contributed by atoms with Gasteiger partial charge in [0, 0.05) is 5.56 Å². The second-order valence-electron chi connectivity index (χ2n) is 7.85. The van der Waals surface area contributed by atoms with Crippen molar-refractivity contribution in [2.75, 3.05) is 14.2 Å². The van der Waals surface area contributed by atoms with E-state index in [1.165, 1.54) is 32.4 Å². The first-order valence-corrected chi connectivity index (χ1v) is 10.7. The number of aryl methyl sites for hydroxylation is 1. The van der Waals surface area contributed by atoms with Gasteiger partial charge in [0.2, 0.25) is 0 Å². The minimum absolute atomic E-state index is 0.0840. The summed E-state index contributed by atoms with van der Waals surface area (Å²) in [5.74, 6) is 0.137. The van der Waals surface area contributed by atoms with Crippen molar-refractivity contribution in [2.45, 2.75) is 13.5 Å². The average Bonchev–Trinajstić information content (AvgIpc) is 2.83. The number of hydrogen-bond donors (Lipinski definition) is 2. The molecule has 0 saturated heterocycles. The number of phenolic OH excluding ortho intramolecular Hbond substituents is 2. The van der Waals surface area contributed by atoms with E-state index in [1.807, 2.05) is 31.2 Å². The van der Waals surface area contributed by atoms with Crippen molar-refractivity contribution in [3.05, 3.63) is 89.7 Å². The smallest absolute Gasteiger partial charge is 0.170 e. The molecule has 2 N–H and O–H groups in total. The molecule has 4 aromatic carbocycles. The molecule has 0 aromatic heterocycles. The Labute approximate surface area is 197 Å². The quantitative estimate of drug-likeness (QED) is 0.331. The molecule has 0 aliphatic rings. The lowest BCUT2D eigenvalue weighted by Crippen LogP contribution is -1.97.